The van der Waals surface area contributed by atoms with Crippen LogP contribution < -0.4 is 15.4 Å². The van der Waals surface area contributed by atoms with Crippen LogP contribution in [0.2, 0.25) is 0 Å². The molecule has 2 N–H and O–H groups in total. The van der Waals surface area contributed by atoms with Gasteiger partial charge in [0.05, 0.1) is 26.9 Å². The smallest absolute Gasteiger partial charge is 0.258 e. The van der Waals surface area contributed by atoms with Crippen molar-refractivity contribution in [3.8, 4) is 5.75 Å². The van der Waals surface area contributed by atoms with Gasteiger partial charge in [0.25, 0.3) is 5.91 Å². The van der Waals surface area contributed by atoms with Crippen molar-refractivity contribution in [2.75, 3.05) is 44.9 Å². The van der Waals surface area contributed by atoms with Gasteiger partial charge in [0.2, 0.25) is 0 Å². The Kier molecular flexibility index (Phi) is 5.98. The molecule has 1 aromatic rings. The molecule has 1 aromatic carbocycles. The minimum atomic E-state index is -0.553. The van der Waals surface area contributed by atoms with Gasteiger partial charge in [0.15, 0.2) is 6.10 Å². The minimum Gasteiger partial charge on any atom is -0.497 e. The number of amides is 1. The fourth-order valence-corrected chi connectivity index (χ4v) is 2.20. The van der Waals surface area contributed by atoms with Crippen LogP contribution in [0.25, 0.3) is 0 Å². The summed E-state index contributed by atoms with van der Waals surface area (Å²) in [6.07, 6.45) is 0.166. The van der Waals surface area contributed by atoms with Crippen LogP contribution >= 0.6 is 0 Å². The van der Waals surface area contributed by atoms with Crippen molar-refractivity contribution in [3.63, 3.8) is 0 Å². The molecule has 2 rings (SSSR count). The lowest BCUT2D eigenvalue weighted by molar-refractivity contribution is -0.144. The van der Waals surface area contributed by atoms with E-state index in [1.165, 1.54) is 0 Å². The van der Waals surface area contributed by atoms with Crippen molar-refractivity contribution >= 4 is 11.6 Å². The van der Waals surface area contributed by atoms with E-state index in [0.29, 0.717) is 38.7 Å². The van der Waals surface area contributed by atoms with Gasteiger partial charge in [-0.3, -0.25) is 4.79 Å². The molecule has 0 bridgehead atoms. The first-order valence-corrected chi connectivity index (χ1v) is 7.11. The Labute approximate surface area is 124 Å². The third kappa shape index (κ3) is 4.17. The molecule has 1 unspecified atom stereocenters. The molecule has 1 aliphatic heterocycles. The highest BCUT2D eigenvalue weighted by atomic mass is 16.6. The topological polar surface area (TPSA) is 74.0 Å². The summed E-state index contributed by atoms with van der Waals surface area (Å²) in [6, 6.07) is 7.41. The highest BCUT2D eigenvalue weighted by Gasteiger charge is 2.28. The van der Waals surface area contributed by atoms with Crippen molar-refractivity contribution < 1.29 is 19.0 Å². The molecule has 0 aliphatic carbocycles. The van der Waals surface area contributed by atoms with Crippen LogP contribution in [-0.2, 0) is 14.3 Å². The molecule has 1 atom stereocenters. The quantitative estimate of drug-likeness (QED) is 0.840. The molecular formula is C15H22N2O4. The lowest BCUT2D eigenvalue weighted by Crippen LogP contribution is -2.46. The number of nitrogens with zero attached hydrogens (tertiary/aromatic N) is 1. The van der Waals surface area contributed by atoms with Crippen molar-refractivity contribution in [2.24, 2.45) is 5.73 Å². The van der Waals surface area contributed by atoms with Gasteiger partial charge in [-0.1, -0.05) is 6.07 Å². The van der Waals surface area contributed by atoms with Gasteiger partial charge in [-0.05, 0) is 25.1 Å². The molecule has 1 saturated heterocycles. The van der Waals surface area contributed by atoms with Crippen LogP contribution in [-0.4, -0.2) is 52.0 Å². The second-order valence-electron chi connectivity index (χ2n) is 4.77. The summed E-state index contributed by atoms with van der Waals surface area (Å²) in [5.74, 6) is 0.607. The molecule has 1 heterocycles. The molecule has 0 aromatic heterocycles. The van der Waals surface area contributed by atoms with E-state index in [0.717, 1.165) is 12.1 Å². The number of benzene rings is 1. The van der Waals surface area contributed by atoms with Crippen molar-refractivity contribution in [2.45, 2.75) is 12.5 Å². The highest BCUT2D eigenvalue weighted by Crippen LogP contribution is 2.22. The summed E-state index contributed by atoms with van der Waals surface area (Å²) in [7, 11) is 1.60. The van der Waals surface area contributed by atoms with E-state index in [1.807, 2.05) is 24.3 Å². The zero-order valence-electron chi connectivity index (χ0n) is 12.3. The Hall–Kier alpha value is -1.63. The summed E-state index contributed by atoms with van der Waals surface area (Å²) < 4.78 is 16.0. The maximum Gasteiger partial charge on any atom is 0.258 e. The standard InChI is InChI=1S/C15H22N2O4/c1-19-13-5-2-4-12(10-13)17(7-3-6-16)15(18)14-11-20-8-9-21-14/h2,4-5,10,14H,3,6-9,11,16H2,1H3. The predicted molar refractivity (Wildman–Crippen MR) is 79.6 cm³/mol. The number of hydrogen-bond donors (Lipinski definition) is 1. The lowest BCUT2D eigenvalue weighted by atomic mass is 10.2. The van der Waals surface area contributed by atoms with E-state index >= 15 is 0 Å². The third-order valence-corrected chi connectivity index (χ3v) is 3.31. The Balaban J connectivity index is 2.17. The molecule has 21 heavy (non-hydrogen) atoms. The molecule has 116 valence electrons. The first-order valence-electron chi connectivity index (χ1n) is 7.11. The number of hydrogen-bond acceptors (Lipinski definition) is 5. The average Bonchev–Trinajstić information content (AvgIpc) is 2.56. The zero-order chi connectivity index (χ0) is 15.1. The summed E-state index contributed by atoms with van der Waals surface area (Å²) in [5.41, 5.74) is 6.35. The molecule has 0 radical (unpaired) electrons. The van der Waals surface area contributed by atoms with Crippen LogP contribution in [0.5, 0.6) is 5.75 Å². The Morgan fingerprint density at radius 3 is 3.00 bits per heavy atom. The van der Waals surface area contributed by atoms with Crippen molar-refractivity contribution in [1.82, 2.24) is 0 Å². The number of nitrogens with two attached hydrogens (primary N) is 1. The van der Waals surface area contributed by atoms with E-state index in [2.05, 4.69) is 0 Å². The second kappa shape index (κ2) is 7.97. The van der Waals surface area contributed by atoms with Gasteiger partial charge < -0.3 is 24.8 Å². The van der Waals surface area contributed by atoms with E-state index in [-0.39, 0.29) is 5.91 Å². The maximum absolute atomic E-state index is 12.6. The Morgan fingerprint density at radius 2 is 2.33 bits per heavy atom. The first-order chi connectivity index (χ1) is 10.3. The van der Waals surface area contributed by atoms with Crippen LogP contribution in [0, 0.1) is 0 Å². The van der Waals surface area contributed by atoms with E-state index in [4.69, 9.17) is 19.9 Å². The number of ether oxygens (including phenoxy) is 3. The summed E-state index contributed by atoms with van der Waals surface area (Å²) >= 11 is 0. The van der Waals surface area contributed by atoms with Gasteiger partial charge in [-0.2, -0.15) is 0 Å². The number of rotatable bonds is 6. The van der Waals surface area contributed by atoms with Crippen LogP contribution in [0.4, 0.5) is 5.69 Å². The number of carbonyl (C=O) groups excluding carboxylic acids is 1. The summed E-state index contributed by atoms with van der Waals surface area (Å²) in [6.45, 7) is 2.34. The fraction of sp³-hybridized carbons (Fsp3) is 0.533. The van der Waals surface area contributed by atoms with Crippen molar-refractivity contribution in [3.05, 3.63) is 24.3 Å². The van der Waals surface area contributed by atoms with E-state index in [1.54, 1.807) is 12.0 Å². The molecule has 6 heteroatoms. The molecule has 0 spiro atoms. The van der Waals surface area contributed by atoms with E-state index in [9.17, 15) is 4.79 Å². The predicted octanol–water partition coefficient (Wildman–Crippen LogP) is 0.792. The largest absolute Gasteiger partial charge is 0.497 e. The van der Waals surface area contributed by atoms with Crippen LogP contribution in [0.1, 0.15) is 6.42 Å². The SMILES string of the molecule is COc1cccc(N(CCCN)C(=O)C2COCCO2)c1. The molecule has 1 aliphatic rings. The van der Waals surface area contributed by atoms with Gasteiger partial charge >= 0.3 is 0 Å². The van der Waals surface area contributed by atoms with Gasteiger partial charge in [-0.15, -0.1) is 0 Å². The number of anilines is 1. The highest BCUT2D eigenvalue weighted by molar-refractivity contribution is 5.96. The number of methoxy groups -OCH3 is 1. The normalized spacial score (nSPS) is 18.3. The van der Waals surface area contributed by atoms with E-state index < -0.39 is 6.10 Å². The Morgan fingerprint density at radius 1 is 1.48 bits per heavy atom. The monoisotopic (exact) mass is 294 g/mol. The number of carbonyl (C=O) groups is 1. The third-order valence-electron chi connectivity index (χ3n) is 3.31. The summed E-state index contributed by atoms with van der Waals surface area (Å²) in [4.78, 5) is 14.3. The molecular weight excluding hydrogens is 272 g/mol. The van der Waals surface area contributed by atoms with Crippen LogP contribution in [0.3, 0.4) is 0 Å². The molecule has 1 fully saturated rings. The van der Waals surface area contributed by atoms with Crippen molar-refractivity contribution in [1.29, 1.82) is 0 Å². The molecule has 1 amide bonds. The Bertz CT molecular complexity index is 461. The first kappa shape index (κ1) is 15.8. The van der Waals surface area contributed by atoms with Gasteiger partial charge in [0, 0.05) is 18.3 Å². The lowest BCUT2D eigenvalue weighted by Gasteiger charge is -2.29. The second-order valence-corrected chi connectivity index (χ2v) is 4.77. The van der Waals surface area contributed by atoms with Gasteiger partial charge in [-0.25, -0.2) is 0 Å². The van der Waals surface area contributed by atoms with Crippen LogP contribution in [0.15, 0.2) is 24.3 Å². The minimum absolute atomic E-state index is 0.101. The molecule has 0 saturated carbocycles. The fourth-order valence-electron chi connectivity index (χ4n) is 2.20. The van der Waals surface area contributed by atoms with Gasteiger partial charge in [0.1, 0.15) is 5.75 Å². The maximum atomic E-state index is 12.6. The molecule has 6 nitrogen and oxygen atoms in total. The summed E-state index contributed by atoms with van der Waals surface area (Å²) in [5, 5.41) is 0. The zero-order valence-corrected chi connectivity index (χ0v) is 12.3. The average molecular weight is 294 g/mol.